The summed E-state index contributed by atoms with van der Waals surface area (Å²) in [5.41, 5.74) is 6.97. The first kappa shape index (κ1) is 12.0. The molecule has 2 nitrogen and oxygen atoms in total. The molecule has 16 heavy (non-hydrogen) atoms. The largest absolute Gasteiger partial charge is 0.367 e. The third-order valence-corrected chi connectivity index (χ3v) is 3.97. The van der Waals surface area contributed by atoms with E-state index >= 15 is 0 Å². The lowest BCUT2D eigenvalue weighted by Crippen LogP contribution is -2.45. The van der Waals surface area contributed by atoms with Gasteiger partial charge >= 0.3 is 0 Å². The number of rotatable bonds is 1. The quantitative estimate of drug-likeness (QED) is 0.838. The van der Waals surface area contributed by atoms with Gasteiger partial charge in [0.05, 0.1) is 15.7 Å². The Labute approximate surface area is 106 Å². The third kappa shape index (κ3) is 2.29. The Kier molecular flexibility index (Phi) is 3.63. The van der Waals surface area contributed by atoms with Gasteiger partial charge in [-0.1, -0.05) is 29.3 Å². The summed E-state index contributed by atoms with van der Waals surface area (Å²) in [4.78, 5) is 2.29. The monoisotopic (exact) mass is 258 g/mol. The number of piperidine rings is 1. The summed E-state index contributed by atoms with van der Waals surface area (Å²) in [7, 11) is 0. The van der Waals surface area contributed by atoms with Crippen molar-refractivity contribution in [2.45, 2.75) is 31.8 Å². The first-order valence-electron chi connectivity index (χ1n) is 5.56. The Hall–Kier alpha value is -0.440. The predicted molar refractivity (Wildman–Crippen MR) is 70.5 cm³/mol. The molecule has 1 aromatic carbocycles. The highest BCUT2D eigenvalue weighted by molar-refractivity contribution is 6.43. The van der Waals surface area contributed by atoms with Crippen molar-refractivity contribution < 1.29 is 0 Å². The van der Waals surface area contributed by atoms with Gasteiger partial charge in [0.25, 0.3) is 0 Å². The van der Waals surface area contributed by atoms with Crippen molar-refractivity contribution in [3.63, 3.8) is 0 Å². The molecule has 0 aromatic heterocycles. The lowest BCUT2D eigenvalue weighted by molar-refractivity contribution is 0.430. The fourth-order valence-electron chi connectivity index (χ4n) is 2.28. The molecule has 0 radical (unpaired) electrons. The molecule has 2 N–H and O–H groups in total. The van der Waals surface area contributed by atoms with Crippen LogP contribution in [0.3, 0.4) is 0 Å². The van der Waals surface area contributed by atoms with Crippen LogP contribution in [0.15, 0.2) is 18.2 Å². The smallest absolute Gasteiger partial charge is 0.0825 e. The Morgan fingerprint density at radius 3 is 2.81 bits per heavy atom. The molecule has 2 rings (SSSR count). The number of halogens is 2. The molecule has 0 aliphatic carbocycles. The Morgan fingerprint density at radius 1 is 1.38 bits per heavy atom. The van der Waals surface area contributed by atoms with Crippen molar-refractivity contribution in [2.75, 3.05) is 11.4 Å². The van der Waals surface area contributed by atoms with E-state index in [4.69, 9.17) is 28.9 Å². The van der Waals surface area contributed by atoms with E-state index in [2.05, 4.69) is 11.8 Å². The second-order valence-corrected chi connectivity index (χ2v) is 5.18. The van der Waals surface area contributed by atoms with Crippen molar-refractivity contribution in [1.29, 1.82) is 0 Å². The predicted octanol–water partition coefficient (Wildman–Crippen LogP) is 3.31. The van der Waals surface area contributed by atoms with E-state index in [1.54, 1.807) is 0 Å². The maximum absolute atomic E-state index is 6.22. The van der Waals surface area contributed by atoms with Crippen LogP contribution in [0, 0.1) is 0 Å². The fraction of sp³-hybridized carbons (Fsp3) is 0.500. The molecule has 1 aliphatic rings. The molecule has 0 bridgehead atoms. The van der Waals surface area contributed by atoms with Crippen molar-refractivity contribution in [2.24, 2.45) is 5.73 Å². The van der Waals surface area contributed by atoms with Crippen LogP contribution >= 0.6 is 23.2 Å². The van der Waals surface area contributed by atoms with E-state index in [1.807, 2.05) is 18.2 Å². The lowest BCUT2D eigenvalue weighted by Gasteiger charge is -2.38. The summed E-state index contributed by atoms with van der Waals surface area (Å²) in [6.07, 6.45) is 2.01. The second-order valence-electron chi connectivity index (χ2n) is 4.40. The molecular weight excluding hydrogens is 243 g/mol. The zero-order valence-electron chi connectivity index (χ0n) is 9.29. The summed E-state index contributed by atoms with van der Waals surface area (Å²) >= 11 is 12.2. The minimum atomic E-state index is 0.309. The van der Waals surface area contributed by atoms with Crippen LogP contribution in [0.1, 0.15) is 19.8 Å². The molecule has 1 aliphatic heterocycles. The maximum Gasteiger partial charge on any atom is 0.0825 e. The number of hydrogen-bond acceptors (Lipinski definition) is 2. The molecule has 2 atom stereocenters. The van der Waals surface area contributed by atoms with Gasteiger partial charge in [-0.25, -0.2) is 0 Å². The highest BCUT2D eigenvalue weighted by Crippen LogP contribution is 2.35. The van der Waals surface area contributed by atoms with Crippen LogP contribution in [0.2, 0.25) is 10.0 Å². The Morgan fingerprint density at radius 2 is 2.12 bits per heavy atom. The van der Waals surface area contributed by atoms with Gasteiger partial charge in [0.1, 0.15) is 0 Å². The molecule has 1 heterocycles. The highest BCUT2D eigenvalue weighted by Gasteiger charge is 2.25. The molecule has 2 unspecified atom stereocenters. The maximum atomic E-state index is 6.22. The van der Waals surface area contributed by atoms with Gasteiger partial charge < -0.3 is 10.6 Å². The van der Waals surface area contributed by atoms with Gasteiger partial charge in [-0.3, -0.25) is 0 Å². The first-order chi connectivity index (χ1) is 7.59. The van der Waals surface area contributed by atoms with Gasteiger partial charge in [-0.15, -0.1) is 0 Å². The van der Waals surface area contributed by atoms with E-state index in [0.717, 1.165) is 25.1 Å². The molecular formula is C12H16Cl2N2. The van der Waals surface area contributed by atoms with Crippen LogP contribution in [0.25, 0.3) is 0 Å². The van der Waals surface area contributed by atoms with E-state index < -0.39 is 0 Å². The normalized spacial score (nSPS) is 25.9. The number of nitrogens with two attached hydrogens (primary N) is 1. The Balaban J connectivity index is 2.27. The number of hydrogen-bond donors (Lipinski definition) is 1. The minimum absolute atomic E-state index is 0.309. The van der Waals surface area contributed by atoms with Gasteiger partial charge in [0.15, 0.2) is 0 Å². The van der Waals surface area contributed by atoms with Gasteiger partial charge in [-0.05, 0) is 31.9 Å². The SMILES string of the molecule is CC1CC(N)CCN1c1cccc(Cl)c1Cl. The molecule has 1 saturated heterocycles. The first-order valence-corrected chi connectivity index (χ1v) is 6.31. The van der Waals surface area contributed by atoms with E-state index in [0.29, 0.717) is 22.1 Å². The summed E-state index contributed by atoms with van der Waals surface area (Å²) in [6.45, 7) is 3.12. The average molecular weight is 259 g/mol. The zero-order valence-corrected chi connectivity index (χ0v) is 10.8. The molecule has 0 spiro atoms. The van der Waals surface area contributed by atoms with Crippen molar-refractivity contribution in [3.05, 3.63) is 28.2 Å². The van der Waals surface area contributed by atoms with Crippen LogP contribution in [0.4, 0.5) is 5.69 Å². The molecule has 1 aromatic rings. The van der Waals surface area contributed by atoms with E-state index in [1.165, 1.54) is 0 Å². The number of nitrogens with zero attached hydrogens (tertiary/aromatic N) is 1. The van der Waals surface area contributed by atoms with E-state index in [9.17, 15) is 0 Å². The minimum Gasteiger partial charge on any atom is -0.367 e. The van der Waals surface area contributed by atoms with Crippen LogP contribution in [-0.2, 0) is 0 Å². The third-order valence-electron chi connectivity index (χ3n) is 3.16. The highest BCUT2D eigenvalue weighted by atomic mass is 35.5. The summed E-state index contributed by atoms with van der Waals surface area (Å²) in [6, 6.07) is 6.49. The van der Waals surface area contributed by atoms with Crippen molar-refractivity contribution in [3.8, 4) is 0 Å². The van der Waals surface area contributed by atoms with Crippen molar-refractivity contribution in [1.82, 2.24) is 0 Å². The van der Waals surface area contributed by atoms with Crippen molar-refractivity contribution >= 4 is 28.9 Å². The van der Waals surface area contributed by atoms with Gasteiger partial charge in [0, 0.05) is 18.6 Å². The average Bonchev–Trinajstić information content (AvgIpc) is 2.23. The topological polar surface area (TPSA) is 29.3 Å². The Bertz CT molecular complexity index is 381. The summed E-state index contributed by atoms with van der Waals surface area (Å²) in [5.74, 6) is 0. The van der Waals surface area contributed by atoms with Crippen LogP contribution < -0.4 is 10.6 Å². The van der Waals surface area contributed by atoms with Crippen LogP contribution in [0.5, 0.6) is 0 Å². The molecule has 88 valence electrons. The summed E-state index contributed by atoms with van der Waals surface area (Å²) < 4.78 is 0. The van der Waals surface area contributed by atoms with Gasteiger partial charge in [-0.2, -0.15) is 0 Å². The molecule has 1 fully saturated rings. The van der Waals surface area contributed by atoms with Gasteiger partial charge in [0.2, 0.25) is 0 Å². The number of anilines is 1. The lowest BCUT2D eigenvalue weighted by atomic mass is 9.98. The molecule has 4 heteroatoms. The standard InChI is InChI=1S/C12H16Cl2N2/c1-8-7-9(15)5-6-16(8)11-4-2-3-10(13)12(11)14/h2-4,8-9H,5-7,15H2,1H3. The van der Waals surface area contributed by atoms with E-state index in [-0.39, 0.29) is 0 Å². The second kappa shape index (κ2) is 4.82. The number of benzene rings is 1. The zero-order chi connectivity index (χ0) is 11.7. The van der Waals surface area contributed by atoms with Crippen LogP contribution in [-0.4, -0.2) is 18.6 Å². The fourth-order valence-corrected chi connectivity index (χ4v) is 2.68. The summed E-state index contributed by atoms with van der Waals surface area (Å²) in [5, 5.41) is 1.26. The molecule has 0 amide bonds. The molecule has 0 saturated carbocycles.